The Balaban J connectivity index is 1.80. The van der Waals surface area contributed by atoms with Gasteiger partial charge in [0.05, 0.1) is 11.0 Å². The number of carbonyl (C=O) groups excluding carboxylic acids is 1. The molecule has 108 valence electrons. The molecule has 0 saturated carbocycles. The van der Waals surface area contributed by atoms with Gasteiger partial charge in [-0.3, -0.25) is 14.8 Å². The van der Waals surface area contributed by atoms with Gasteiger partial charge in [0.2, 0.25) is 0 Å². The zero-order valence-corrected chi connectivity index (χ0v) is 12.2. The van der Waals surface area contributed by atoms with Gasteiger partial charge in [-0.2, -0.15) is 0 Å². The summed E-state index contributed by atoms with van der Waals surface area (Å²) in [7, 11) is 0. The molecule has 2 aromatic carbocycles. The first-order valence-corrected chi connectivity index (χ1v) is 7.01. The van der Waals surface area contributed by atoms with Crippen molar-refractivity contribution >= 4 is 28.7 Å². The van der Waals surface area contributed by atoms with Crippen molar-refractivity contribution in [3.05, 3.63) is 72.1 Å². The summed E-state index contributed by atoms with van der Waals surface area (Å²) in [6.45, 7) is 1.96. The SMILES string of the molecule is C/C=C/c1ccc(C(=O)Nc2ccc3nccnc3c2)cc1. The minimum atomic E-state index is -0.143. The molecular formula is C18H15N3O. The molecule has 1 amide bonds. The van der Waals surface area contributed by atoms with Crippen molar-refractivity contribution in [2.45, 2.75) is 6.92 Å². The van der Waals surface area contributed by atoms with Gasteiger partial charge in [-0.1, -0.05) is 24.3 Å². The third-order valence-electron chi connectivity index (χ3n) is 3.26. The summed E-state index contributed by atoms with van der Waals surface area (Å²) in [5.74, 6) is -0.143. The van der Waals surface area contributed by atoms with Gasteiger partial charge in [0.25, 0.3) is 5.91 Å². The molecule has 1 aromatic heterocycles. The molecule has 0 aliphatic carbocycles. The Morgan fingerprint density at radius 1 is 1.00 bits per heavy atom. The lowest BCUT2D eigenvalue weighted by Crippen LogP contribution is -2.11. The molecule has 0 unspecified atom stereocenters. The molecule has 3 aromatic rings. The van der Waals surface area contributed by atoms with Crippen molar-refractivity contribution in [1.82, 2.24) is 9.97 Å². The van der Waals surface area contributed by atoms with E-state index in [-0.39, 0.29) is 5.91 Å². The minimum Gasteiger partial charge on any atom is -0.322 e. The van der Waals surface area contributed by atoms with E-state index in [1.54, 1.807) is 12.4 Å². The molecule has 1 heterocycles. The summed E-state index contributed by atoms with van der Waals surface area (Å²) in [5, 5.41) is 2.88. The number of amides is 1. The highest BCUT2D eigenvalue weighted by atomic mass is 16.1. The Kier molecular flexibility index (Phi) is 3.92. The highest BCUT2D eigenvalue weighted by molar-refractivity contribution is 6.05. The quantitative estimate of drug-likeness (QED) is 0.795. The van der Waals surface area contributed by atoms with Gasteiger partial charge < -0.3 is 5.32 Å². The van der Waals surface area contributed by atoms with Gasteiger partial charge in [-0.25, -0.2) is 0 Å². The van der Waals surface area contributed by atoms with Crippen LogP contribution < -0.4 is 5.32 Å². The molecule has 1 N–H and O–H groups in total. The molecule has 3 rings (SSSR count). The van der Waals surface area contributed by atoms with E-state index >= 15 is 0 Å². The third kappa shape index (κ3) is 3.01. The number of allylic oxidation sites excluding steroid dienone is 1. The second-order valence-corrected chi connectivity index (χ2v) is 4.84. The van der Waals surface area contributed by atoms with Crippen LogP contribution in [0, 0.1) is 0 Å². The molecular weight excluding hydrogens is 274 g/mol. The van der Waals surface area contributed by atoms with Crippen molar-refractivity contribution in [2.75, 3.05) is 5.32 Å². The van der Waals surface area contributed by atoms with E-state index in [2.05, 4.69) is 15.3 Å². The number of carbonyl (C=O) groups is 1. The molecule has 0 fully saturated rings. The Labute approximate surface area is 128 Å². The average molecular weight is 289 g/mol. The lowest BCUT2D eigenvalue weighted by atomic mass is 10.1. The zero-order valence-electron chi connectivity index (χ0n) is 12.2. The summed E-state index contributed by atoms with van der Waals surface area (Å²) < 4.78 is 0. The van der Waals surface area contributed by atoms with Crippen molar-refractivity contribution in [2.24, 2.45) is 0 Å². The van der Waals surface area contributed by atoms with Crippen LogP contribution in [0.25, 0.3) is 17.1 Å². The number of aromatic nitrogens is 2. The van der Waals surface area contributed by atoms with Crippen LogP contribution in [0.1, 0.15) is 22.8 Å². The Morgan fingerprint density at radius 2 is 1.73 bits per heavy atom. The predicted molar refractivity (Wildman–Crippen MR) is 88.6 cm³/mol. The maximum atomic E-state index is 12.3. The van der Waals surface area contributed by atoms with E-state index in [1.165, 1.54) is 0 Å². The standard InChI is InChI=1S/C18H15N3O/c1-2-3-13-4-6-14(7-5-13)18(22)21-15-8-9-16-17(12-15)20-11-10-19-16/h2-12H,1H3,(H,21,22)/b3-2+. The van der Waals surface area contributed by atoms with Crippen molar-refractivity contribution < 1.29 is 4.79 Å². The van der Waals surface area contributed by atoms with Crippen LogP contribution in [0.5, 0.6) is 0 Å². The normalized spacial score (nSPS) is 11.0. The highest BCUT2D eigenvalue weighted by Crippen LogP contribution is 2.16. The van der Waals surface area contributed by atoms with Crippen molar-refractivity contribution in [1.29, 1.82) is 0 Å². The predicted octanol–water partition coefficient (Wildman–Crippen LogP) is 3.92. The molecule has 22 heavy (non-hydrogen) atoms. The molecule has 4 nitrogen and oxygen atoms in total. The number of anilines is 1. The van der Waals surface area contributed by atoms with E-state index < -0.39 is 0 Å². The van der Waals surface area contributed by atoms with Gasteiger partial charge in [-0.15, -0.1) is 0 Å². The topological polar surface area (TPSA) is 54.9 Å². The van der Waals surface area contributed by atoms with E-state index in [0.29, 0.717) is 11.3 Å². The van der Waals surface area contributed by atoms with Crippen molar-refractivity contribution in [3.63, 3.8) is 0 Å². The van der Waals surface area contributed by atoms with E-state index in [0.717, 1.165) is 16.6 Å². The molecule has 0 aliphatic rings. The summed E-state index contributed by atoms with van der Waals surface area (Å²) in [5.41, 5.74) is 3.95. The fourth-order valence-corrected chi connectivity index (χ4v) is 2.18. The molecule has 0 spiro atoms. The average Bonchev–Trinajstić information content (AvgIpc) is 2.56. The number of rotatable bonds is 3. The second-order valence-electron chi connectivity index (χ2n) is 4.84. The van der Waals surface area contributed by atoms with Gasteiger partial charge in [0, 0.05) is 23.6 Å². The van der Waals surface area contributed by atoms with Crippen LogP contribution in [0.4, 0.5) is 5.69 Å². The molecule has 0 bridgehead atoms. The van der Waals surface area contributed by atoms with E-state index in [1.807, 2.05) is 61.5 Å². The third-order valence-corrected chi connectivity index (χ3v) is 3.26. The maximum absolute atomic E-state index is 12.3. The fourth-order valence-electron chi connectivity index (χ4n) is 2.18. The molecule has 4 heteroatoms. The summed E-state index contributed by atoms with van der Waals surface area (Å²) in [6.07, 6.45) is 7.23. The number of nitrogens with one attached hydrogen (secondary N) is 1. The zero-order chi connectivity index (χ0) is 15.4. The number of fused-ring (bicyclic) bond motifs is 1. The van der Waals surface area contributed by atoms with Crippen LogP contribution in [0.2, 0.25) is 0 Å². The fraction of sp³-hybridized carbons (Fsp3) is 0.0556. The first-order chi connectivity index (χ1) is 10.8. The number of hydrogen-bond donors (Lipinski definition) is 1. The van der Waals surface area contributed by atoms with Crippen molar-refractivity contribution in [3.8, 4) is 0 Å². The lowest BCUT2D eigenvalue weighted by Gasteiger charge is -2.06. The number of nitrogens with zero attached hydrogens (tertiary/aromatic N) is 2. The number of benzene rings is 2. The Bertz CT molecular complexity index is 838. The molecule has 0 aliphatic heterocycles. The summed E-state index contributed by atoms with van der Waals surface area (Å²) in [4.78, 5) is 20.7. The largest absolute Gasteiger partial charge is 0.322 e. The molecule has 0 radical (unpaired) electrons. The monoisotopic (exact) mass is 289 g/mol. The van der Waals surface area contributed by atoms with Crippen LogP contribution in [-0.2, 0) is 0 Å². The van der Waals surface area contributed by atoms with Gasteiger partial charge in [0.15, 0.2) is 0 Å². The number of hydrogen-bond acceptors (Lipinski definition) is 3. The first kappa shape index (κ1) is 13.9. The van der Waals surface area contributed by atoms with Crippen LogP contribution in [0.3, 0.4) is 0 Å². The summed E-state index contributed by atoms with van der Waals surface area (Å²) >= 11 is 0. The maximum Gasteiger partial charge on any atom is 0.255 e. The van der Waals surface area contributed by atoms with E-state index in [9.17, 15) is 4.79 Å². The van der Waals surface area contributed by atoms with E-state index in [4.69, 9.17) is 0 Å². The van der Waals surface area contributed by atoms with Crippen LogP contribution in [-0.4, -0.2) is 15.9 Å². The lowest BCUT2D eigenvalue weighted by molar-refractivity contribution is 0.102. The van der Waals surface area contributed by atoms with Crippen LogP contribution >= 0.6 is 0 Å². The van der Waals surface area contributed by atoms with Gasteiger partial charge in [-0.05, 0) is 42.8 Å². The van der Waals surface area contributed by atoms with Gasteiger partial charge >= 0.3 is 0 Å². The van der Waals surface area contributed by atoms with Gasteiger partial charge in [0.1, 0.15) is 0 Å². The smallest absolute Gasteiger partial charge is 0.255 e. The first-order valence-electron chi connectivity index (χ1n) is 7.01. The summed E-state index contributed by atoms with van der Waals surface area (Å²) in [6, 6.07) is 12.9. The highest BCUT2D eigenvalue weighted by Gasteiger charge is 2.06. The van der Waals surface area contributed by atoms with Crippen LogP contribution in [0.15, 0.2) is 60.9 Å². The molecule has 0 atom stereocenters. The Hall–Kier alpha value is -3.01. The second kappa shape index (κ2) is 6.18. The Morgan fingerprint density at radius 3 is 2.45 bits per heavy atom. The molecule has 0 saturated heterocycles. The minimum absolute atomic E-state index is 0.143.